The lowest BCUT2D eigenvalue weighted by Crippen LogP contribution is -2.38. The van der Waals surface area contributed by atoms with Crippen molar-refractivity contribution in [2.75, 3.05) is 13.1 Å². The summed E-state index contributed by atoms with van der Waals surface area (Å²) >= 11 is 4.66. The number of aliphatic hydroxyl groups excluding tert-OH is 1. The van der Waals surface area contributed by atoms with E-state index in [4.69, 9.17) is 15.3 Å². The molecule has 16 heteroatoms. The molecule has 0 aliphatic rings. The molecular weight excluding hydrogens is 618 g/mol. The Morgan fingerprint density at radius 3 is 2.17 bits per heavy atom. The average Bonchev–Trinajstić information content (AvgIpc) is 3.44. The van der Waals surface area contributed by atoms with Gasteiger partial charge in [0.05, 0.1) is 34.5 Å². The fraction of sp³-hybridized carbons (Fsp3) is 0.233. The molecule has 1 amide bonds. The summed E-state index contributed by atoms with van der Waals surface area (Å²) in [6.45, 7) is -1.75. The average molecular weight is 648 g/mol. The van der Waals surface area contributed by atoms with E-state index >= 15 is 0 Å². The number of hydrogen-bond donors (Lipinski definition) is 5. The van der Waals surface area contributed by atoms with Gasteiger partial charge in [0, 0.05) is 18.3 Å². The number of aliphatic carboxylic acids is 2. The monoisotopic (exact) mass is 647 g/mol. The molecule has 0 aliphatic heterocycles. The van der Waals surface area contributed by atoms with Crippen molar-refractivity contribution in [3.05, 3.63) is 89.4 Å². The maximum atomic E-state index is 11.6. The molecule has 0 saturated carbocycles. The number of nitrogens with zero attached hydrogens (tertiary/aromatic N) is 7. The minimum Gasteiger partial charge on any atom is -0.480 e. The van der Waals surface area contributed by atoms with E-state index in [2.05, 4.69) is 32.3 Å². The molecule has 0 spiro atoms. The third-order valence-electron chi connectivity index (χ3n) is 6.64. The van der Waals surface area contributed by atoms with Crippen LogP contribution in [0, 0.1) is 0 Å². The number of aryl methyl sites for hydroxylation is 2. The van der Waals surface area contributed by atoms with Crippen molar-refractivity contribution in [3.63, 3.8) is 0 Å². The fourth-order valence-electron chi connectivity index (χ4n) is 4.53. The lowest BCUT2D eigenvalue weighted by Gasteiger charge is -2.21. The predicted octanol–water partition coefficient (Wildman–Crippen LogP) is 2.57. The Morgan fingerprint density at radius 2 is 1.54 bits per heavy atom. The SMILES string of the molecule is O=C(O)CN(Cc1cccc(-c2nn(-c3cccc(CN(CC(=O)O)C(O)O)n3)cc2CCc2ccc(N=C=S)cc2)n1)C(=O)O. The maximum absolute atomic E-state index is 11.6. The van der Waals surface area contributed by atoms with Gasteiger partial charge in [0.1, 0.15) is 18.8 Å². The number of amides is 1. The molecule has 0 bridgehead atoms. The van der Waals surface area contributed by atoms with Crippen molar-refractivity contribution in [2.45, 2.75) is 32.3 Å². The van der Waals surface area contributed by atoms with Crippen molar-refractivity contribution < 1.29 is 39.9 Å². The van der Waals surface area contributed by atoms with E-state index < -0.39 is 37.5 Å². The Balaban J connectivity index is 1.69. The minimum absolute atomic E-state index is 0.165. The standard InChI is InChI=1S/C30H29N7O8S/c38-26(39)16-35(29(42)43)14-22-3-1-5-24(32-22)28-20(10-7-19-8-11-21(12-9-19)31-18-46)13-37(34-28)25-6-2-4-23(33-25)15-36(30(44)45)17-27(40)41/h1-6,8-9,11-13,30,44-45H,7,10,14-17H2,(H,38,39)(H,40,41)(H,42,43). The zero-order valence-corrected chi connectivity index (χ0v) is 25.0. The molecule has 1 aromatic carbocycles. The van der Waals surface area contributed by atoms with Gasteiger partial charge < -0.3 is 25.5 Å². The lowest BCUT2D eigenvalue weighted by molar-refractivity contribution is -0.172. The molecule has 5 N–H and O–H groups in total. The molecule has 46 heavy (non-hydrogen) atoms. The molecular formula is C30H29N7O8S. The number of thiocarbonyl (C=S) groups is 1. The molecule has 0 unspecified atom stereocenters. The van der Waals surface area contributed by atoms with Gasteiger partial charge in [0.2, 0.25) is 6.41 Å². The number of pyridine rings is 2. The van der Waals surface area contributed by atoms with Gasteiger partial charge in [-0.15, -0.1) is 0 Å². The van der Waals surface area contributed by atoms with Crippen LogP contribution in [0.25, 0.3) is 17.2 Å². The highest BCUT2D eigenvalue weighted by molar-refractivity contribution is 7.78. The second-order valence-corrected chi connectivity index (χ2v) is 10.2. The van der Waals surface area contributed by atoms with Crippen LogP contribution in [0.5, 0.6) is 0 Å². The van der Waals surface area contributed by atoms with E-state index in [9.17, 15) is 29.7 Å². The van der Waals surface area contributed by atoms with Crippen molar-refractivity contribution in [1.82, 2.24) is 29.5 Å². The first-order valence-corrected chi connectivity index (χ1v) is 14.1. The summed E-state index contributed by atoms with van der Waals surface area (Å²) in [7, 11) is 0. The van der Waals surface area contributed by atoms with E-state index in [-0.39, 0.29) is 13.1 Å². The zero-order valence-electron chi connectivity index (χ0n) is 24.2. The number of isothiocyanates is 1. The predicted molar refractivity (Wildman–Crippen MR) is 165 cm³/mol. The molecule has 0 atom stereocenters. The molecule has 3 aromatic heterocycles. The first-order chi connectivity index (χ1) is 22.0. The fourth-order valence-corrected chi connectivity index (χ4v) is 4.63. The summed E-state index contributed by atoms with van der Waals surface area (Å²) in [5.41, 5.74) is 4.04. The molecule has 0 aliphatic carbocycles. The Bertz CT molecular complexity index is 1760. The summed E-state index contributed by atoms with van der Waals surface area (Å²) in [4.78, 5) is 48.7. The van der Waals surface area contributed by atoms with E-state index in [1.807, 2.05) is 24.3 Å². The normalized spacial score (nSPS) is 11.0. The van der Waals surface area contributed by atoms with Crippen LogP contribution in [0.3, 0.4) is 0 Å². The van der Waals surface area contributed by atoms with Gasteiger partial charge in [-0.1, -0.05) is 24.3 Å². The number of aromatic nitrogens is 4. The lowest BCUT2D eigenvalue weighted by atomic mass is 10.0. The Morgan fingerprint density at radius 1 is 0.870 bits per heavy atom. The van der Waals surface area contributed by atoms with E-state index in [0.29, 0.717) is 47.1 Å². The van der Waals surface area contributed by atoms with Gasteiger partial charge in [0.25, 0.3) is 0 Å². The van der Waals surface area contributed by atoms with Crippen molar-refractivity contribution in [1.29, 1.82) is 0 Å². The molecule has 3 heterocycles. The number of carboxylic acid groups (broad SMARTS) is 3. The minimum atomic E-state index is -2.01. The Labute approximate surface area is 267 Å². The second-order valence-electron chi connectivity index (χ2n) is 10.00. The maximum Gasteiger partial charge on any atom is 0.408 e. The molecule has 238 valence electrons. The topological polar surface area (TPSA) is 215 Å². The van der Waals surface area contributed by atoms with E-state index in [1.165, 1.54) is 4.68 Å². The van der Waals surface area contributed by atoms with Gasteiger partial charge in [-0.2, -0.15) is 10.1 Å². The number of benzene rings is 1. The molecule has 0 fully saturated rings. The molecule has 0 radical (unpaired) electrons. The number of aliphatic imine (C=N–C) groups is 1. The van der Waals surface area contributed by atoms with Crippen LogP contribution < -0.4 is 0 Å². The van der Waals surface area contributed by atoms with Gasteiger partial charge in [-0.25, -0.2) is 24.3 Å². The van der Waals surface area contributed by atoms with Crippen molar-refractivity contribution >= 4 is 41.1 Å². The van der Waals surface area contributed by atoms with Crippen LogP contribution in [0.2, 0.25) is 0 Å². The zero-order chi connectivity index (χ0) is 33.2. The van der Waals surface area contributed by atoms with Crippen LogP contribution in [0.4, 0.5) is 10.5 Å². The summed E-state index contributed by atoms with van der Waals surface area (Å²) in [5.74, 6) is -2.17. The smallest absolute Gasteiger partial charge is 0.408 e. The highest BCUT2D eigenvalue weighted by Gasteiger charge is 2.20. The van der Waals surface area contributed by atoms with Crippen molar-refractivity contribution in [2.24, 2.45) is 4.99 Å². The first kappa shape index (κ1) is 33.5. The van der Waals surface area contributed by atoms with Crippen LogP contribution in [0.15, 0.2) is 71.9 Å². The second kappa shape index (κ2) is 15.6. The van der Waals surface area contributed by atoms with E-state index in [0.717, 1.165) is 20.9 Å². The van der Waals surface area contributed by atoms with Gasteiger partial charge in [0.15, 0.2) is 5.82 Å². The molecule has 4 rings (SSSR count). The molecule has 0 saturated heterocycles. The number of carboxylic acids is 2. The number of aliphatic hydroxyl groups is 2. The molecule has 4 aromatic rings. The highest BCUT2D eigenvalue weighted by atomic mass is 32.1. The Hall–Kier alpha value is -5.38. The summed E-state index contributed by atoms with van der Waals surface area (Å²) < 4.78 is 1.52. The number of carbonyl (C=O) groups is 3. The quantitative estimate of drug-likeness (QED) is 0.0713. The van der Waals surface area contributed by atoms with Gasteiger partial charge >= 0.3 is 18.0 Å². The highest BCUT2D eigenvalue weighted by Crippen LogP contribution is 2.25. The third kappa shape index (κ3) is 9.31. The van der Waals surface area contributed by atoms with Gasteiger partial charge in [-0.05, 0) is 67.0 Å². The van der Waals surface area contributed by atoms with Crippen LogP contribution in [-0.2, 0) is 35.5 Å². The van der Waals surface area contributed by atoms with E-state index in [1.54, 1.807) is 42.6 Å². The van der Waals surface area contributed by atoms with Crippen LogP contribution >= 0.6 is 12.2 Å². The summed E-state index contributed by atoms with van der Waals surface area (Å²) in [6, 6.07) is 17.4. The molecule has 15 nitrogen and oxygen atoms in total. The van der Waals surface area contributed by atoms with Crippen LogP contribution in [-0.4, -0.2) is 97.8 Å². The van der Waals surface area contributed by atoms with Crippen molar-refractivity contribution in [3.8, 4) is 17.2 Å². The first-order valence-electron chi connectivity index (χ1n) is 13.7. The summed E-state index contributed by atoms with van der Waals surface area (Å²) in [5, 5.41) is 54.0. The van der Waals surface area contributed by atoms with Crippen LogP contribution in [0.1, 0.15) is 22.5 Å². The summed E-state index contributed by atoms with van der Waals surface area (Å²) in [6.07, 6.45) is -0.517. The number of hydrogen-bond acceptors (Lipinski definition) is 11. The Kier molecular flexibility index (Phi) is 11.3. The largest absolute Gasteiger partial charge is 0.480 e. The van der Waals surface area contributed by atoms with Gasteiger partial charge in [-0.3, -0.25) is 14.5 Å². The third-order valence-corrected chi connectivity index (χ3v) is 6.73. The number of rotatable bonds is 15.